The lowest BCUT2D eigenvalue weighted by atomic mass is 10.3. The highest BCUT2D eigenvalue weighted by molar-refractivity contribution is 7.98. The molecule has 94 valence electrons. The molecule has 0 aliphatic carbocycles. The van der Waals surface area contributed by atoms with Crippen LogP contribution in [0.25, 0.3) is 0 Å². The summed E-state index contributed by atoms with van der Waals surface area (Å²) < 4.78 is 1.87. The fraction of sp³-hybridized carbons (Fsp3) is 0.0714. The zero-order chi connectivity index (χ0) is 13.2. The summed E-state index contributed by atoms with van der Waals surface area (Å²) in [5.74, 6) is 0.673. The first-order valence-corrected chi connectivity index (χ1v) is 7.42. The largest absolute Gasteiger partial charge is 0.687 e. The third kappa shape index (κ3) is 2.27. The zero-order valence-corrected chi connectivity index (χ0v) is 11.9. The van der Waals surface area contributed by atoms with Gasteiger partial charge in [-0.1, -0.05) is 18.2 Å². The Labute approximate surface area is 121 Å². The number of para-hydroxylation sites is 1. The monoisotopic (exact) mass is 285 g/mol. The molecule has 1 aromatic carbocycles. The second-order valence-corrected chi connectivity index (χ2v) is 5.17. The number of pyridine rings is 1. The van der Waals surface area contributed by atoms with E-state index in [1.54, 1.807) is 11.8 Å². The molecule has 0 bridgehead atoms. The maximum Gasteiger partial charge on any atom is 0.312 e. The first-order chi connectivity index (χ1) is 9.29. The fourth-order valence-corrected chi connectivity index (χ4v) is 2.70. The molecule has 0 saturated carbocycles. The van der Waals surface area contributed by atoms with Crippen LogP contribution < -0.4 is 4.57 Å². The van der Waals surface area contributed by atoms with Crippen LogP contribution in [0, 0.1) is 0 Å². The van der Waals surface area contributed by atoms with Gasteiger partial charge < -0.3 is 12.6 Å². The third-order valence-corrected chi connectivity index (χ3v) is 3.88. The first-order valence-electron chi connectivity index (χ1n) is 5.78. The molecule has 0 radical (unpaired) electrons. The van der Waals surface area contributed by atoms with Gasteiger partial charge in [0.25, 0.3) is 0 Å². The van der Waals surface area contributed by atoms with Gasteiger partial charge in [-0.2, -0.15) is 0 Å². The molecule has 2 aromatic rings. The van der Waals surface area contributed by atoms with Crippen molar-refractivity contribution in [2.24, 2.45) is 9.98 Å². The van der Waals surface area contributed by atoms with E-state index in [0.717, 1.165) is 16.3 Å². The van der Waals surface area contributed by atoms with Crippen molar-refractivity contribution in [3.8, 4) is 0 Å². The molecular formula is C14H11N3S2. The van der Waals surface area contributed by atoms with Crippen LogP contribution in [0.2, 0.25) is 0 Å². The van der Waals surface area contributed by atoms with Crippen LogP contribution in [-0.2, 0) is 12.6 Å². The standard InChI is InChI=1S/C14H11N3S2/c1-19-12-8-3-2-6-10(12)15-13-11-7-4-5-9-17(11)14(18)16-13/h2-9H,1H3. The summed E-state index contributed by atoms with van der Waals surface area (Å²) in [6.45, 7) is 0. The van der Waals surface area contributed by atoms with E-state index in [9.17, 15) is 0 Å². The molecule has 0 saturated heterocycles. The number of thioether (sulfide) groups is 1. The Kier molecular flexibility index (Phi) is 3.31. The van der Waals surface area contributed by atoms with Gasteiger partial charge in [-0.25, -0.2) is 9.56 Å². The van der Waals surface area contributed by atoms with Crippen LogP contribution in [-0.4, -0.2) is 17.3 Å². The molecule has 0 N–H and O–H groups in total. The van der Waals surface area contributed by atoms with Crippen molar-refractivity contribution in [1.29, 1.82) is 0 Å². The number of rotatable bonds is 2. The van der Waals surface area contributed by atoms with E-state index >= 15 is 0 Å². The van der Waals surface area contributed by atoms with E-state index in [1.807, 2.05) is 53.4 Å². The van der Waals surface area contributed by atoms with Crippen molar-refractivity contribution in [3.05, 3.63) is 54.4 Å². The molecular weight excluding hydrogens is 274 g/mol. The summed E-state index contributed by atoms with van der Waals surface area (Å²) >= 11 is 6.91. The fourth-order valence-electron chi connectivity index (χ4n) is 1.91. The number of aromatic nitrogens is 1. The van der Waals surface area contributed by atoms with Gasteiger partial charge in [-0.15, -0.1) is 11.8 Å². The van der Waals surface area contributed by atoms with Crippen LogP contribution in [0.1, 0.15) is 5.69 Å². The lowest BCUT2D eigenvalue weighted by Crippen LogP contribution is -2.41. The van der Waals surface area contributed by atoms with Crippen molar-refractivity contribution in [2.75, 3.05) is 6.26 Å². The molecule has 0 atom stereocenters. The molecule has 1 aliphatic heterocycles. The molecule has 0 unspecified atom stereocenters. The van der Waals surface area contributed by atoms with Crippen molar-refractivity contribution < 1.29 is 4.57 Å². The summed E-state index contributed by atoms with van der Waals surface area (Å²) in [7, 11) is 0. The Morgan fingerprint density at radius 1 is 1.16 bits per heavy atom. The molecule has 0 amide bonds. The van der Waals surface area contributed by atoms with Gasteiger partial charge in [0.05, 0.1) is 11.9 Å². The normalized spacial score (nSPS) is 15.4. The Balaban J connectivity index is 2.11. The van der Waals surface area contributed by atoms with Crippen LogP contribution >= 0.6 is 11.8 Å². The number of aliphatic imine (C=N–C) groups is 2. The molecule has 2 heterocycles. The number of benzene rings is 1. The van der Waals surface area contributed by atoms with Crippen LogP contribution in [0.5, 0.6) is 0 Å². The Morgan fingerprint density at radius 2 is 1.95 bits per heavy atom. The van der Waals surface area contributed by atoms with Gasteiger partial charge in [0.15, 0.2) is 5.17 Å². The van der Waals surface area contributed by atoms with Gasteiger partial charge in [0.2, 0.25) is 5.69 Å². The topological polar surface area (TPSA) is 28.6 Å². The van der Waals surface area contributed by atoms with Crippen molar-refractivity contribution in [2.45, 2.75) is 4.90 Å². The van der Waals surface area contributed by atoms with Gasteiger partial charge in [0, 0.05) is 4.90 Å². The predicted octanol–water partition coefficient (Wildman–Crippen LogP) is 2.54. The predicted molar refractivity (Wildman–Crippen MR) is 81.3 cm³/mol. The third-order valence-electron chi connectivity index (χ3n) is 2.81. The number of hydrogen-bond donors (Lipinski definition) is 0. The molecule has 0 fully saturated rings. The first kappa shape index (κ1) is 12.3. The second-order valence-electron chi connectivity index (χ2n) is 3.96. The highest BCUT2D eigenvalue weighted by Gasteiger charge is 2.24. The lowest BCUT2D eigenvalue weighted by Gasteiger charge is -2.00. The summed E-state index contributed by atoms with van der Waals surface area (Å²) in [6, 6.07) is 13.9. The van der Waals surface area contributed by atoms with Crippen LogP contribution in [0.3, 0.4) is 0 Å². The average molecular weight is 285 g/mol. The zero-order valence-electron chi connectivity index (χ0n) is 10.3. The van der Waals surface area contributed by atoms with Crippen molar-refractivity contribution in [1.82, 2.24) is 0 Å². The molecule has 1 aromatic heterocycles. The SMILES string of the molecule is CSc1ccccc1N=C1N=C([S-])[n+]2ccccc21. The minimum atomic E-state index is 0.538. The van der Waals surface area contributed by atoms with Gasteiger partial charge in [-0.3, -0.25) is 0 Å². The quantitative estimate of drug-likeness (QED) is 0.482. The van der Waals surface area contributed by atoms with Crippen molar-refractivity contribution in [3.63, 3.8) is 0 Å². The van der Waals surface area contributed by atoms with Gasteiger partial charge in [0.1, 0.15) is 0 Å². The van der Waals surface area contributed by atoms with Gasteiger partial charge in [-0.05, 0) is 35.5 Å². The molecule has 5 heteroatoms. The van der Waals surface area contributed by atoms with E-state index in [2.05, 4.69) is 16.1 Å². The maximum atomic E-state index is 5.24. The number of amidine groups is 1. The number of hydrogen-bond acceptors (Lipinski definition) is 3. The molecule has 19 heavy (non-hydrogen) atoms. The summed E-state index contributed by atoms with van der Waals surface area (Å²) in [6.07, 6.45) is 3.95. The van der Waals surface area contributed by atoms with E-state index in [-0.39, 0.29) is 0 Å². The Bertz CT molecular complexity index is 693. The van der Waals surface area contributed by atoms with Gasteiger partial charge >= 0.3 is 5.84 Å². The van der Waals surface area contributed by atoms with E-state index in [4.69, 9.17) is 12.6 Å². The summed E-state index contributed by atoms with van der Waals surface area (Å²) in [5.41, 5.74) is 1.86. The van der Waals surface area contributed by atoms with E-state index in [1.165, 1.54) is 0 Å². The molecule has 3 rings (SSSR count). The smallest absolute Gasteiger partial charge is 0.312 e. The maximum absolute atomic E-state index is 5.24. The van der Waals surface area contributed by atoms with E-state index < -0.39 is 0 Å². The van der Waals surface area contributed by atoms with Crippen LogP contribution in [0.15, 0.2) is 63.5 Å². The van der Waals surface area contributed by atoms with Crippen LogP contribution in [0.4, 0.5) is 5.69 Å². The molecule has 1 aliphatic rings. The molecule has 3 nitrogen and oxygen atoms in total. The lowest BCUT2D eigenvalue weighted by molar-refractivity contribution is -0.547. The van der Waals surface area contributed by atoms with E-state index in [0.29, 0.717) is 11.0 Å². The summed E-state index contributed by atoms with van der Waals surface area (Å²) in [4.78, 5) is 10.1. The number of nitrogens with zero attached hydrogens (tertiary/aromatic N) is 3. The highest BCUT2D eigenvalue weighted by atomic mass is 32.2. The number of fused-ring (bicyclic) bond motifs is 1. The highest BCUT2D eigenvalue weighted by Crippen LogP contribution is 2.28. The average Bonchev–Trinajstić information content (AvgIpc) is 2.77. The Morgan fingerprint density at radius 3 is 2.79 bits per heavy atom. The van der Waals surface area contributed by atoms with Crippen molar-refractivity contribution >= 4 is 41.1 Å². The molecule has 0 spiro atoms. The second kappa shape index (κ2) is 5.11. The summed E-state index contributed by atoms with van der Waals surface area (Å²) in [5, 5.41) is 0.538. The minimum absolute atomic E-state index is 0.538. The Hall–Kier alpha value is -1.72. The minimum Gasteiger partial charge on any atom is -0.687 e.